The van der Waals surface area contributed by atoms with Crippen LogP contribution in [0.15, 0.2) is 48.5 Å². The first-order chi connectivity index (χ1) is 11.7. The molecule has 0 bridgehead atoms. The summed E-state index contributed by atoms with van der Waals surface area (Å²) in [6.07, 6.45) is 1.83. The van der Waals surface area contributed by atoms with Crippen LogP contribution in [0.5, 0.6) is 0 Å². The van der Waals surface area contributed by atoms with Crippen molar-refractivity contribution in [1.82, 2.24) is 10.2 Å². The Hall–Kier alpha value is -2.33. The minimum atomic E-state index is -0.301. The SMILES string of the molecule is Cc1cccc2c1C(=O)NC1(CCN(Cc3ccccc3)CC1)N2. The number of carbonyl (C=O) groups is 1. The Labute approximate surface area is 142 Å². The van der Waals surface area contributed by atoms with Gasteiger partial charge in [-0.1, -0.05) is 42.5 Å². The summed E-state index contributed by atoms with van der Waals surface area (Å²) < 4.78 is 0. The van der Waals surface area contributed by atoms with Gasteiger partial charge in [-0.3, -0.25) is 9.69 Å². The number of fused-ring (bicyclic) bond motifs is 1. The van der Waals surface area contributed by atoms with Crippen LogP contribution in [-0.4, -0.2) is 29.6 Å². The van der Waals surface area contributed by atoms with Crippen LogP contribution in [0.3, 0.4) is 0 Å². The van der Waals surface area contributed by atoms with Crippen molar-refractivity contribution in [2.24, 2.45) is 0 Å². The van der Waals surface area contributed by atoms with Gasteiger partial charge in [-0.2, -0.15) is 0 Å². The molecule has 1 saturated heterocycles. The van der Waals surface area contributed by atoms with Crippen molar-refractivity contribution in [2.75, 3.05) is 18.4 Å². The zero-order valence-electron chi connectivity index (χ0n) is 14.0. The van der Waals surface area contributed by atoms with Crippen LogP contribution in [0, 0.1) is 6.92 Å². The van der Waals surface area contributed by atoms with Gasteiger partial charge in [-0.15, -0.1) is 0 Å². The molecule has 0 aliphatic carbocycles. The summed E-state index contributed by atoms with van der Waals surface area (Å²) in [4.78, 5) is 15.0. The first-order valence-corrected chi connectivity index (χ1v) is 8.62. The topological polar surface area (TPSA) is 44.4 Å². The van der Waals surface area contributed by atoms with Gasteiger partial charge in [0.25, 0.3) is 5.91 Å². The minimum absolute atomic E-state index is 0.0540. The molecule has 0 radical (unpaired) electrons. The van der Waals surface area contributed by atoms with Crippen molar-refractivity contribution in [3.05, 3.63) is 65.2 Å². The van der Waals surface area contributed by atoms with E-state index in [-0.39, 0.29) is 11.6 Å². The maximum Gasteiger partial charge on any atom is 0.255 e. The zero-order chi connectivity index (χ0) is 16.6. The van der Waals surface area contributed by atoms with Gasteiger partial charge in [0, 0.05) is 38.2 Å². The third-order valence-electron chi connectivity index (χ3n) is 5.19. The van der Waals surface area contributed by atoms with Gasteiger partial charge in [0.05, 0.1) is 5.56 Å². The van der Waals surface area contributed by atoms with Crippen molar-refractivity contribution >= 4 is 11.6 Å². The highest BCUT2D eigenvalue weighted by molar-refractivity contribution is 6.03. The van der Waals surface area contributed by atoms with Crippen molar-refractivity contribution in [3.8, 4) is 0 Å². The molecule has 0 aromatic heterocycles. The molecule has 1 fully saturated rings. The molecule has 4 nitrogen and oxygen atoms in total. The van der Waals surface area contributed by atoms with Crippen molar-refractivity contribution in [2.45, 2.75) is 32.0 Å². The summed E-state index contributed by atoms with van der Waals surface area (Å²) in [7, 11) is 0. The van der Waals surface area contributed by atoms with Crippen LogP contribution < -0.4 is 10.6 Å². The van der Waals surface area contributed by atoms with Gasteiger partial charge in [0.15, 0.2) is 0 Å². The van der Waals surface area contributed by atoms with E-state index < -0.39 is 0 Å². The van der Waals surface area contributed by atoms with E-state index in [1.165, 1.54) is 5.56 Å². The Morgan fingerprint density at radius 3 is 2.50 bits per heavy atom. The molecule has 4 heteroatoms. The van der Waals surface area contributed by atoms with E-state index in [4.69, 9.17) is 0 Å². The number of nitrogens with zero attached hydrogens (tertiary/aromatic N) is 1. The number of rotatable bonds is 2. The largest absolute Gasteiger partial charge is 0.362 e. The van der Waals surface area contributed by atoms with Crippen LogP contribution in [0.2, 0.25) is 0 Å². The molecule has 4 rings (SSSR count). The van der Waals surface area contributed by atoms with E-state index >= 15 is 0 Å². The van der Waals surface area contributed by atoms with Crippen molar-refractivity contribution < 1.29 is 4.79 Å². The first-order valence-electron chi connectivity index (χ1n) is 8.62. The molecule has 24 heavy (non-hydrogen) atoms. The zero-order valence-corrected chi connectivity index (χ0v) is 14.0. The lowest BCUT2D eigenvalue weighted by molar-refractivity contribution is 0.0821. The van der Waals surface area contributed by atoms with Crippen molar-refractivity contribution in [1.29, 1.82) is 0 Å². The standard InChI is InChI=1S/C20H23N3O/c1-15-6-5-9-17-18(15)19(24)22-20(21-17)10-12-23(13-11-20)14-16-7-3-2-4-8-16/h2-9,21H,10-14H2,1H3,(H,22,24). The third kappa shape index (κ3) is 2.78. The van der Waals surface area contributed by atoms with Crippen LogP contribution >= 0.6 is 0 Å². The second kappa shape index (κ2) is 5.95. The molecule has 0 atom stereocenters. The molecule has 2 heterocycles. The van der Waals surface area contributed by atoms with E-state index in [2.05, 4.69) is 45.9 Å². The molecule has 2 aliphatic rings. The Morgan fingerprint density at radius 2 is 1.75 bits per heavy atom. The van der Waals surface area contributed by atoms with Gasteiger partial charge in [0.1, 0.15) is 5.66 Å². The number of likely N-dealkylation sites (tertiary alicyclic amines) is 1. The molecular weight excluding hydrogens is 298 g/mol. The maximum absolute atomic E-state index is 12.6. The monoisotopic (exact) mass is 321 g/mol. The number of piperidine rings is 1. The summed E-state index contributed by atoms with van der Waals surface area (Å²) in [6, 6.07) is 16.6. The number of amides is 1. The summed E-state index contributed by atoms with van der Waals surface area (Å²) in [5.74, 6) is 0.0540. The number of hydrogen-bond donors (Lipinski definition) is 2. The van der Waals surface area contributed by atoms with Gasteiger partial charge < -0.3 is 10.6 Å². The molecular formula is C20H23N3O. The molecule has 1 spiro atoms. The second-order valence-corrected chi connectivity index (χ2v) is 6.92. The number of hydrogen-bond acceptors (Lipinski definition) is 3. The maximum atomic E-state index is 12.6. The number of benzene rings is 2. The normalized spacial score (nSPS) is 19.5. The van der Waals surface area contributed by atoms with Crippen molar-refractivity contribution in [3.63, 3.8) is 0 Å². The van der Waals surface area contributed by atoms with Crippen LogP contribution in [0.4, 0.5) is 5.69 Å². The molecule has 2 aromatic rings. The lowest BCUT2D eigenvalue weighted by atomic mass is 9.91. The Morgan fingerprint density at radius 1 is 1.00 bits per heavy atom. The molecule has 2 aromatic carbocycles. The summed E-state index contributed by atoms with van der Waals surface area (Å²) in [5.41, 5.74) is 3.82. The quantitative estimate of drug-likeness (QED) is 0.893. The highest BCUT2D eigenvalue weighted by atomic mass is 16.2. The fourth-order valence-corrected chi connectivity index (χ4v) is 3.83. The van der Waals surface area contributed by atoms with Gasteiger partial charge in [0.2, 0.25) is 0 Å². The fourth-order valence-electron chi connectivity index (χ4n) is 3.83. The molecule has 0 saturated carbocycles. The summed E-state index contributed by atoms with van der Waals surface area (Å²) in [5, 5.41) is 6.85. The first kappa shape index (κ1) is 15.2. The Balaban J connectivity index is 1.46. The highest BCUT2D eigenvalue weighted by Gasteiger charge is 2.40. The average Bonchev–Trinajstić information content (AvgIpc) is 2.58. The Kier molecular flexibility index (Phi) is 3.77. The Bertz CT molecular complexity index is 749. The molecule has 0 unspecified atom stereocenters. The number of anilines is 1. The van der Waals surface area contributed by atoms with Crippen LogP contribution in [0.25, 0.3) is 0 Å². The molecule has 124 valence electrons. The van der Waals surface area contributed by atoms with E-state index in [0.717, 1.165) is 49.3 Å². The predicted molar refractivity (Wildman–Crippen MR) is 96.0 cm³/mol. The molecule has 1 amide bonds. The van der Waals surface area contributed by atoms with Gasteiger partial charge in [-0.05, 0) is 24.1 Å². The second-order valence-electron chi connectivity index (χ2n) is 6.92. The van der Waals surface area contributed by atoms with E-state index in [1.54, 1.807) is 0 Å². The van der Waals surface area contributed by atoms with Gasteiger partial charge >= 0.3 is 0 Å². The average molecular weight is 321 g/mol. The summed E-state index contributed by atoms with van der Waals surface area (Å²) in [6.45, 7) is 4.91. The van der Waals surface area contributed by atoms with Crippen LogP contribution in [-0.2, 0) is 6.54 Å². The van der Waals surface area contributed by atoms with E-state index in [1.807, 2.05) is 25.1 Å². The van der Waals surface area contributed by atoms with Gasteiger partial charge in [-0.25, -0.2) is 0 Å². The van der Waals surface area contributed by atoms with E-state index in [9.17, 15) is 4.79 Å². The number of aryl methyl sites for hydroxylation is 1. The minimum Gasteiger partial charge on any atom is -0.362 e. The van der Waals surface area contributed by atoms with Crippen LogP contribution in [0.1, 0.15) is 34.3 Å². The summed E-state index contributed by atoms with van der Waals surface area (Å²) >= 11 is 0. The smallest absolute Gasteiger partial charge is 0.255 e. The number of nitrogens with one attached hydrogen (secondary N) is 2. The number of carbonyl (C=O) groups excluding carboxylic acids is 1. The molecule has 2 N–H and O–H groups in total. The van der Waals surface area contributed by atoms with E-state index in [0.29, 0.717) is 0 Å². The predicted octanol–water partition coefficient (Wildman–Crippen LogP) is 3.14. The highest BCUT2D eigenvalue weighted by Crippen LogP contribution is 2.33. The lowest BCUT2D eigenvalue weighted by Crippen LogP contribution is -2.62. The fraction of sp³-hybridized carbons (Fsp3) is 0.350. The lowest BCUT2D eigenvalue weighted by Gasteiger charge is -2.46. The molecule has 2 aliphatic heterocycles. The third-order valence-corrected chi connectivity index (χ3v) is 5.19.